The molecule has 0 N–H and O–H groups in total. The van der Waals surface area contributed by atoms with Crippen LogP contribution >= 0.6 is 31.9 Å². The molecule has 0 spiro atoms. The highest BCUT2D eigenvalue weighted by Gasteiger charge is 2.44. The molecular formula is C14H12Br2F5NO4. The first kappa shape index (κ1) is 22.7. The van der Waals surface area contributed by atoms with Gasteiger partial charge in [-0.15, -0.1) is 0 Å². The number of carbonyl (C=O) groups is 2. The van der Waals surface area contributed by atoms with E-state index < -0.39 is 57.4 Å². The van der Waals surface area contributed by atoms with Gasteiger partial charge in [0, 0.05) is 5.33 Å². The van der Waals surface area contributed by atoms with Gasteiger partial charge in [0.15, 0.2) is 5.69 Å². The molecule has 0 amide bonds. The van der Waals surface area contributed by atoms with Crippen LogP contribution in [-0.4, -0.2) is 36.0 Å². The molecule has 0 radical (unpaired) electrons. The Morgan fingerprint density at radius 2 is 1.77 bits per heavy atom. The molecule has 1 aromatic rings. The zero-order valence-corrected chi connectivity index (χ0v) is 16.5. The molecule has 1 aromatic heterocycles. The van der Waals surface area contributed by atoms with Crippen molar-refractivity contribution in [1.29, 1.82) is 0 Å². The number of carbonyl (C=O) groups excluding carboxylic acids is 2. The summed E-state index contributed by atoms with van der Waals surface area (Å²) in [4.78, 5) is 25.9. The van der Waals surface area contributed by atoms with Crippen molar-refractivity contribution in [3.05, 3.63) is 28.1 Å². The highest BCUT2D eigenvalue weighted by atomic mass is 79.9. The minimum absolute atomic E-state index is 0.104. The number of rotatable bonds is 6. The van der Waals surface area contributed by atoms with Gasteiger partial charge in [-0.2, -0.15) is 13.2 Å². The smallest absolute Gasteiger partial charge is 0.434 e. The number of aromatic nitrogens is 1. The summed E-state index contributed by atoms with van der Waals surface area (Å²) in [6.45, 7) is 1.07. The second kappa shape index (κ2) is 9.07. The summed E-state index contributed by atoms with van der Waals surface area (Å²) in [5.41, 5.74) is -5.97. The number of hydrogen-bond acceptors (Lipinski definition) is 5. The van der Waals surface area contributed by atoms with E-state index in [1.807, 2.05) is 0 Å². The zero-order valence-electron chi connectivity index (χ0n) is 13.3. The van der Waals surface area contributed by atoms with Crippen molar-refractivity contribution >= 4 is 43.8 Å². The van der Waals surface area contributed by atoms with Crippen LogP contribution in [0, 0.1) is 0 Å². The van der Waals surface area contributed by atoms with Crippen molar-refractivity contribution in [3.8, 4) is 0 Å². The minimum Gasteiger partial charge on any atom is -0.465 e. The molecule has 1 atom stereocenters. The van der Waals surface area contributed by atoms with E-state index >= 15 is 0 Å². The van der Waals surface area contributed by atoms with Gasteiger partial charge in [0.2, 0.25) is 0 Å². The predicted molar refractivity (Wildman–Crippen MR) is 87.0 cm³/mol. The quantitative estimate of drug-likeness (QED) is 0.310. The van der Waals surface area contributed by atoms with E-state index in [0.29, 0.717) is 0 Å². The van der Waals surface area contributed by atoms with Gasteiger partial charge < -0.3 is 9.47 Å². The molecule has 0 fully saturated rings. The fraction of sp³-hybridized carbons (Fsp3) is 0.500. The summed E-state index contributed by atoms with van der Waals surface area (Å²) in [6, 6.07) is 0. The molecule has 0 saturated carbocycles. The monoisotopic (exact) mass is 511 g/mol. The maximum absolute atomic E-state index is 13.4. The summed E-state index contributed by atoms with van der Waals surface area (Å²) >= 11 is 5.96. The Kier molecular flexibility index (Phi) is 7.93. The van der Waals surface area contributed by atoms with Crippen LogP contribution in [0.3, 0.4) is 0 Å². The maximum Gasteiger partial charge on any atom is 0.434 e. The fourth-order valence-electron chi connectivity index (χ4n) is 2.10. The SMILES string of the molecule is CCOC(=O)c1c(C(F)(F)F)nc(C(F)F)c(C(=O)OC)c1C(Br)CBr. The molecule has 146 valence electrons. The van der Waals surface area contributed by atoms with Crippen molar-refractivity contribution in [2.45, 2.75) is 24.4 Å². The van der Waals surface area contributed by atoms with Crippen LogP contribution in [0.25, 0.3) is 0 Å². The Hall–Kier alpha value is -1.30. The standard InChI is InChI=1S/C14H12Br2F5NO4/c1-3-26-13(24)8-6(5(16)4-15)7(12(23)25-2)9(11(17)18)22-10(8)14(19,20)21/h5,11H,3-4H2,1-2H3. The van der Waals surface area contributed by atoms with Gasteiger partial charge in [-0.3, -0.25) is 0 Å². The molecule has 1 unspecified atom stereocenters. The van der Waals surface area contributed by atoms with E-state index in [9.17, 15) is 31.5 Å². The Labute approximate surface area is 161 Å². The molecule has 12 heteroatoms. The topological polar surface area (TPSA) is 65.5 Å². The molecule has 0 aromatic carbocycles. The van der Waals surface area contributed by atoms with Crippen LogP contribution in [0.2, 0.25) is 0 Å². The van der Waals surface area contributed by atoms with E-state index in [4.69, 9.17) is 0 Å². The number of esters is 2. The van der Waals surface area contributed by atoms with Crippen molar-refractivity contribution in [1.82, 2.24) is 4.98 Å². The Morgan fingerprint density at radius 3 is 2.15 bits per heavy atom. The first-order valence-corrected chi connectivity index (χ1v) is 8.93. The lowest BCUT2D eigenvalue weighted by atomic mass is 9.95. The highest BCUT2D eigenvalue weighted by molar-refractivity contribution is 9.12. The van der Waals surface area contributed by atoms with Gasteiger partial charge in [-0.05, 0) is 12.5 Å². The first-order valence-electron chi connectivity index (χ1n) is 6.89. The molecule has 0 aliphatic heterocycles. The number of alkyl halides is 7. The van der Waals surface area contributed by atoms with E-state index in [1.165, 1.54) is 6.92 Å². The maximum atomic E-state index is 13.4. The average Bonchev–Trinajstić information content (AvgIpc) is 2.57. The van der Waals surface area contributed by atoms with Crippen LogP contribution in [0.15, 0.2) is 0 Å². The number of hydrogen-bond donors (Lipinski definition) is 0. The van der Waals surface area contributed by atoms with E-state index in [0.717, 1.165) is 7.11 Å². The Morgan fingerprint density at radius 1 is 1.19 bits per heavy atom. The molecule has 1 heterocycles. The Bertz CT molecular complexity index is 697. The predicted octanol–water partition coefficient (Wildman–Crippen LogP) is 4.83. The first-order chi connectivity index (χ1) is 12.0. The van der Waals surface area contributed by atoms with Gasteiger partial charge in [0.25, 0.3) is 6.43 Å². The molecular weight excluding hydrogens is 501 g/mol. The zero-order chi connectivity index (χ0) is 20.2. The van der Waals surface area contributed by atoms with Crippen molar-refractivity contribution in [2.75, 3.05) is 19.0 Å². The molecule has 26 heavy (non-hydrogen) atoms. The molecule has 5 nitrogen and oxygen atoms in total. The summed E-state index contributed by atoms with van der Waals surface area (Å²) in [5.74, 6) is -2.80. The van der Waals surface area contributed by atoms with Crippen molar-refractivity contribution in [3.63, 3.8) is 0 Å². The lowest BCUT2D eigenvalue weighted by Gasteiger charge is -2.22. The van der Waals surface area contributed by atoms with E-state index in [2.05, 4.69) is 46.3 Å². The third-order valence-electron chi connectivity index (χ3n) is 3.06. The van der Waals surface area contributed by atoms with Crippen LogP contribution in [0.1, 0.15) is 55.8 Å². The minimum atomic E-state index is -5.24. The largest absolute Gasteiger partial charge is 0.465 e. The number of nitrogens with zero attached hydrogens (tertiary/aromatic N) is 1. The second-order valence-corrected chi connectivity index (χ2v) is 6.39. The van der Waals surface area contributed by atoms with Crippen LogP contribution in [-0.2, 0) is 15.7 Å². The molecule has 0 aliphatic carbocycles. The molecule has 1 rings (SSSR count). The number of methoxy groups -OCH3 is 1. The summed E-state index contributed by atoms with van der Waals surface area (Å²) in [7, 11) is 0.862. The van der Waals surface area contributed by atoms with Crippen LogP contribution in [0.4, 0.5) is 22.0 Å². The van der Waals surface area contributed by atoms with Gasteiger partial charge in [0.1, 0.15) is 5.69 Å². The van der Waals surface area contributed by atoms with Crippen LogP contribution < -0.4 is 0 Å². The number of pyridine rings is 1. The van der Waals surface area contributed by atoms with E-state index in [1.54, 1.807) is 0 Å². The summed E-state index contributed by atoms with van der Waals surface area (Å²) in [6.07, 6.45) is -8.76. The van der Waals surface area contributed by atoms with Crippen molar-refractivity contribution < 1.29 is 41.0 Å². The normalized spacial score (nSPS) is 12.8. The van der Waals surface area contributed by atoms with Gasteiger partial charge in [0.05, 0.1) is 29.7 Å². The lowest BCUT2D eigenvalue weighted by molar-refractivity contribution is -0.142. The third-order valence-corrected chi connectivity index (χ3v) is 5.35. The summed E-state index contributed by atoms with van der Waals surface area (Å²) < 4.78 is 75.9. The second-order valence-electron chi connectivity index (χ2n) is 4.64. The number of halogens is 7. The highest BCUT2D eigenvalue weighted by Crippen LogP contribution is 2.41. The van der Waals surface area contributed by atoms with Crippen molar-refractivity contribution in [2.24, 2.45) is 0 Å². The lowest BCUT2D eigenvalue weighted by Crippen LogP contribution is -2.26. The van der Waals surface area contributed by atoms with Gasteiger partial charge in [-0.1, -0.05) is 31.9 Å². The van der Waals surface area contributed by atoms with Gasteiger partial charge in [-0.25, -0.2) is 23.4 Å². The fourth-order valence-corrected chi connectivity index (χ4v) is 2.88. The number of ether oxygens (including phenoxy) is 2. The van der Waals surface area contributed by atoms with Crippen LogP contribution in [0.5, 0.6) is 0 Å². The molecule has 0 saturated heterocycles. The average molecular weight is 513 g/mol. The Balaban J connectivity index is 4.11. The third kappa shape index (κ3) is 4.70. The van der Waals surface area contributed by atoms with Gasteiger partial charge >= 0.3 is 18.1 Å². The summed E-state index contributed by atoms with van der Waals surface area (Å²) in [5, 5.41) is -0.104. The molecule has 0 aliphatic rings. The molecule has 0 bridgehead atoms. The van der Waals surface area contributed by atoms with E-state index in [-0.39, 0.29) is 11.9 Å².